The van der Waals surface area contributed by atoms with Gasteiger partial charge in [-0.2, -0.15) is 0 Å². The van der Waals surface area contributed by atoms with Gasteiger partial charge in [0, 0.05) is 5.69 Å². The van der Waals surface area contributed by atoms with E-state index in [1.165, 1.54) is 5.56 Å². The third-order valence-corrected chi connectivity index (χ3v) is 2.24. The first kappa shape index (κ1) is 9.77. The summed E-state index contributed by atoms with van der Waals surface area (Å²) in [6.45, 7) is 4.34. The van der Waals surface area contributed by atoms with Crippen LogP contribution in [0.5, 0.6) is 0 Å². The van der Waals surface area contributed by atoms with Crippen LogP contribution >= 0.6 is 0 Å². The predicted octanol–water partition coefficient (Wildman–Crippen LogP) is 3.54. The van der Waals surface area contributed by atoms with Crippen LogP contribution in [0.3, 0.4) is 0 Å². The molecule has 2 aromatic rings. The molecule has 1 aromatic carbocycles. The van der Waals surface area contributed by atoms with Gasteiger partial charge in [-0.25, -0.2) is 4.98 Å². The van der Waals surface area contributed by atoms with Gasteiger partial charge in [0.1, 0.15) is 6.26 Å². The van der Waals surface area contributed by atoms with E-state index in [0.717, 1.165) is 5.69 Å². The molecule has 0 aliphatic rings. The van der Waals surface area contributed by atoms with E-state index in [0.29, 0.717) is 11.9 Å². The zero-order chi connectivity index (χ0) is 10.7. The van der Waals surface area contributed by atoms with Crippen LogP contribution in [0.4, 0.5) is 11.7 Å². The first-order valence-electron chi connectivity index (χ1n) is 5.02. The smallest absolute Gasteiger partial charge is 0.299 e. The molecule has 0 fully saturated rings. The van der Waals surface area contributed by atoms with Crippen LogP contribution in [0.25, 0.3) is 0 Å². The van der Waals surface area contributed by atoms with Crippen molar-refractivity contribution in [2.45, 2.75) is 19.8 Å². The Bertz CT molecular complexity index is 421. The molecule has 0 amide bonds. The molecule has 1 aromatic heterocycles. The van der Waals surface area contributed by atoms with Gasteiger partial charge in [-0.05, 0) is 23.6 Å². The van der Waals surface area contributed by atoms with E-state index in [9.17, 15) is 0 Å². The number of anilines is 2. The van der Waals surface area contributed by atoms with Gasteiger partial charge in [0.2, 0.25) is 0 Å². The summed E-state index contributed by atoms with van der Waals surface area (Å²) in [4.78, 5) is 4.01. The van der Waals surface area contributed by atoms with E-state index in [2.05, 4.69) is 36.3 Å². The van der Waals surface area contributed by atoms with Gasteiger partial charge in [0.25, 0.3) is 6.01 Å². The molecule has 0 saturated carbocycles. The standard InChI is InChI=1S/C12H14N2O/c1-9(2)10-4-3-5-11(8-10)14-12-13-6-7-15-12/h3-9H,1-2H3,(H,13,14). The van der Waals surface area contributed by atoms with Crippen molar-refractivity contribution in [1.29, 1.82) is 0 Å². The molecule has 2 rings (SSSR count). The Morgan fingerprint density at radius 3 is 2.87 bits per heavy atom. The zero-order valence-electron chi connectivity index (χ0n) is 8.90. The largest absolute Gasteiger partial charge is 0.432 e. The molecule has 0 spiro atoms. The van der Waals surface area contributed by atoms with Crippen molar-refractivity contribution in [2.75, 3.05) is 5.32 Å². The van der Waals surface area contributed by atoms with E-state index in [4.69, 9.17) is 4.42 Å². The average molecular weight is 202 g/mol. The molecule has 0 aliphatic carbocycles. The van der Waals surface area contributed by atoms with Gasteiger partial charge in [0.15, 0.2) is 0 Å². The molecule has 1 N–H and O–H groups in total. The molecule has 0 unspecified atom stereocenters. The van der Waals surface area contributed by atoms with Crippen LogP contribution in [-0.2, 0) is 0 Å². The highest BCUT2D eigenvalue weighted by atomic mass is 16.4. The van der Waals surface area contributed by atoms with Crippen molar-refractivity contribution in [3.05, 3.63) is 42.3 Å². The summed E-state index contributed by atoms with van der Waals surface area (Å²) in [6.07, 6.45) is 3.17. The molecular weight excluding hydrogens is 188 g/mol. The molecule has 0 atom stereocenters. The summed E-state index contributed by atoms with van der Waals surface area (Å²) >= 11 is 0. The van der Waals surface area contributed by atoms with Crippen molar-refractivity contribution >= 4 is 11.7 Å². The van der Waals surface area contributed by atoms with E-state index in [-0.39, 0.29) is 0 Å². The minimum atomic E-state index is 0.524. The van der Waals surface area contributed by atoms with Gasteiger partial charge in [-0.15, -0.1) is 0 Å². The second-order valence-corrected chi connectivity index (χ2v) is 3.74. The van der Waals surface area contributed by atoms with Crippen LogP contribution in [0.15, 0.2) is 41.1 Å². The number of oxazole rings is 1. The number of nitrogens with zero attached hydrogens (tertiary/aromatic N) is 1. The predicted molar refractivity (Wildman–Crippen MR) is 60.3 cm³/mol. The first-order valence-corrected chi connectivity index (χ1v) is 5.02. The van der Waals surface area contributed by atoms with Crippen LogP contribution < -0.4 is 5.32 Å². The first-order chi connectivity index (χ1) is 7.25. The number of nitrogens with one attached hydrogen (secondary N) is 1. The van der Waals surface area contributed by atoms with Gasteiger partial charge in [-0.1, -0.05) is 26.0 Å². The van der Waals surface area contributed by atoms with Gasteiger partial charge < -0.3 is 9.73 Å². The fourth-order valence-electron chi connectivity index (χ4n) is 1.38. The number of hydrogen-bond donors (Lipinski definition) is 1. The maximum Gasteiger partial charge on any atom is 0.299 e. The Kier molecular flexibility index (Phi) is 2.72. The van der Waals surface area contributed by atoms with Gasteiger partial charge in [-0.3, -0.25) is 0 Å². The Morgan fingerprint density at radius 2 is 2.20 bits per heavy atom. The van der Waals surface area contributed by atoms with Crippen LogP contribution in [0.2, 0.25) is 0 Å². The maximum absolute atomic E-state index is 5.12. The summed E-state index contributed by atoms with van der Waals surface area (Å²) in [5.74, 6) is 0.524. The highest BCUT2D eigenvalue weighted by Crippen LogP contribution is 2.20. The highest BCUT2D eigenvalue weighted by Gasteiger charge is 2.01. The molecular formula is C12H14N2O. The van der Waals surface area contributed by atoms with Crippen molar-refractivity contribution < 1.29 is 4.42 Å². The lowest BCUT2D eigenvalue weighted by Gasteiger charge is -2.07. The Hall–Kier alpha value is -1.77. The molecule has 0 saturated heterocycles. The molecule has 15 heavy (non-hydrogen) atoms. The quantitative estimate of drug-likeness (QED) is 0.827. The zero-order valence-corrected chi connectivity index (χ0v) is 8.90. The average Bonchev–Trinajstić information content (AvgIpc) is 2.71. The summed E-state index contributed by atoms with van der Waals surface area (Å²) in [5.41, 5.74) is 2.30. The molecule has 0 bridgehead atoms. The lowest BCUT2D eigenvalue weighted by molar-refractivity contribution is 0.578. The second kappa shape index (κ2) is 4.17. The number of hydrogen-bond acceptors (Lipinski definition) is 3. The number of benzene rings is 1. The maximum atomic E-state index is 5.12. The topological polar surface area (TPSA) is 38.1 Å². The molecule has 3 heteroatoms. The van der Waals surface area contributed by atoms with Gasteiger partial charge >= 0.3 is 0 Å². The SMILES string of the molecule is CC(C)c1cccc(Nc2ncco2)c1. The minimum absolute atomic E-state index is 0.524. The number of aromatic nitrogens is 1. The van der Waals surface area contributed by atoms with Crippen molar-refractivity contribution in [1.82, 2.24) is 4.98 Å². The monoisotopic (exact) mass is 202 g/mol. The lowest BCUT2D eigenvalue weighted by Crippen LogP contribution is -1.93. The van der Waals surface area contributed by atoms with Crippen LogP contribution in [-0.4, -0.2) is 4.98 Å². The summed E-state index contributed by atoms with van der Waals surface area (Å²) in [5, 5.41) is 3.10. The van der Waals surface area contributed by atoms with Crippen molar-refractivity contribution in [3.8, 4) is 0 Å². The van der Waals surface area contributed by atoms with E-state index >= 15 is 0 Å². The molecule has 0 aliphatic heterocycles. The van der Waals surface area contributed by atoms with Crippen LogP contribution in [0, 0.1) is 0 Å². The fourth-order valence-corrected chi connectivity index (χ4v) is 1.38. The Balaban J connectivity index is 2.18. The molecule has 3 nitrogen and oxygen atoms in total. The number of rotatable bonds is 3. The van der Waals surface area contributed by atoms with Crippen LogP contribution in [0.1, 0.15) is 25.3 Å². The fraction of sp³-hybridized carbons (Fsp3) is 0.250. The van der Waals surface area contributed by atoms with E-state index in [1.54, 1.807) is 12.5 Å². The van der Waals surface area contributed by atoms with Gasteiger partial charge in [0.05, 0.1) is 6.20 Å². The third-order valence-electron chi connectivity index (χ3n) is 2.24. The molecule has 78 valence electrons. The third kappa shape index (κ3) is 2.37. The second-order valence-electron chi connectivity index (χ2n) is 3.74. The Morgan fingerprint density at radius 1 is 1.33 bits per heavy atom. The summed E-state index contributed by atoms with van der Waals surface area (Å²) in [7, 11) is 0. The normalized spacial score (nSPS) is 10.6. The minimum Gasteiger partial charge on any atom is -0.432 e. The van der Waals surface area contributed by atoms with Crippen molar-refractivity contribution in [3.63, 3.8) is 0 Å². The lowest BCUT2D eigenvalue weighted by atomic mass is 10.0. The van der Waals surface area contributed by atoms with E-state index < -0.39 is 0 Å². The Labute approximate surface area is 89.1 Å². The van der Waals surface area contributed by atoms with E-state index in [1.807, 2.05) is 12.1 Å². The molecule has 0 radical (unpaired) electrons. The summed E-state index contributed by atoms with van der Waals surface area (Å²) in [6, 6.07) is 8.77. The highest BCUT2D eigenvalue weighted by molar-refractivity contribution is 5.53. The van der Waals surface area contributed by atoms with Crippen molar-refractivity contribution in [2.24, 2.45) is 0 Å². The summed E-state index contributed by atoms with van der Waals surface area (Å²) < 4.78 is 5.12. The molecule has 1 heterocycles.